The van der Waals surface area contributed by atoms with Gasteiger partial charge in [0, 0.05) is 12.6 Å². The molecule has 0 atom stereocenters. The fourth-order valence-corrected chi connectivity index (χ4v) is 2.74. The molecular weight excluding hydrogens is 276 g/mol. The van der Waals surface area contributed by atoms with Crippen molar-refractivity contribution in [2.75, 3.05) is 6.61 Å². The standard InChI is InChI=1S/C14H16N2OS2/c1-9-5-10(2)7-11(6-9)17-4-3-13-16-8-12(19-13)14(15)18/h5-8H,3-4H2,1-2H3,(H2,15,18). The smallest absolute Gasteiger partial charge is 0.119 e. The van der Waals surface area contributed by atoms with E-state index in [0.717, 1.165) is 22.1 Å². The lowest BCUT2D eigenvalue weighted by molar-refractivity contribution is 0.321. The van der Waals surface area contributed by atoms with Crippen LogP contribution in [0.3, 0.4) is 0 Å². The molecule has 0 aliphatic rings. The van der Waals surface area contributed by atoms with Crippen molar-refractivity contribution in [1.29, 1.82) is 0 Å². The number of hydrogen-bond donors (Lipinski definition) is 1. The summed E-state index contributed by atoms with van der Waals surface area (Å²) in [6.07, 6.45) is 2.49. The molecule has 0 saturated carbocycles. The molecule has 0 radical (unpaired) electrons. The molecule has 0 unspecified atom stereocenters. The van der Waals surface area contributed by atoms with Crippen LogP contribution in [0.15, 0.2) is 24.4 Å². The Morgan fingerprint density at radius 1 is 1.32 bits per heavy atom. The topological polar surface area (TPSA) is 48.1 Å². The first-order valence-electron chi connectivity index (χ1n) is 6.00. The number of rotatable bonds is 5. The SMILES string of the molecule is Cc1cc(C)cc(OCCc2ncc(C(N)=S)s2)c1. The molecule has 0 fully saturated rings. The zero-order chi connectivity index (χ0) is 13.8. The molecule has 2 N–H and O–H groups in total. The number of hydrogen-bond acceptors (Lipinski definition) is 4. The maximum Gasteiger partial charge on any atom is 0.119 e. The lowest BCUT2D eigenvalue weighted by Crippen LogP contribution is -2.06. The highest BCUT2D eigenvalue weighted by atomic mass is 32.1. The Bertz CT molecular complexity index is 573. The normalized spacial score (nSPS) is 10.4. The van der Waals surface area contributed by atoms with E-state index in [4.69, 9.17) is 22.7 Å². The molecule has 1 aromatic heterocycles. The molecule has 3 nitrogen and oxygen atoms in total. The molecule has 2 aromatic rings. The van der Waals surface area contributed by atoms with Gasteiger partial charge in [0.25, 0.3) is 0 Å². The number of nitrogens with zero attached hydrogens (tertiary/aromatic N) is 1. The number of nitrogens with two attached hydrogens (primary N) is 1. The second-order valence-electron chi connectivity index (χ2n) is 4.40. The molecule has 1 aromatic carbocycles. The van der Waals surface area contributed by atoms with E-state index in [9.17, 15) is 0 Å². The lowest BCUT2D eigenvalue weighted by atomic mass is 10.1. The van der Waals surface area contributed by atoms with Crippen molar-refractivity contribution in [3.05, 3.63) is 45.4 Å². The summed E-state index contributed by atoms with van der Waals surface area (Å²) >= 11 is 6.44. The van der Waals surface area contributed by atoms with Gasteiger partial charge in [0.05, 0.1) is 16.5 Å². The summed E-state index contributed by atoms with van der Waals surface area (Å²) < 4.78 is 5.74. The number of aryl methyl sites for hydroxylation is 2. The van der Waals surface area contributed by atoms with Crippen LogP contribution >= 0.6 is 23.6 Å². The van der Waals surface area contributed by atoms with Crippen LogP contribution in [0.2, 0.25) is 0 Å². The summed E-state index contributed by atoms with van der Waals surface area (Å²) in [5, 5.41) is 0.993. The minimum absolute atomic E-state index is 0.402. The third-order valence-corrected chi connectivity index (χ3v) is 4.02. The van der Waals surface area contributed by atoms with Gasteiger partial charge >= 0.3 is 0 Å². The zero-order valence-electron chi connectivity index (χ0n) is 11.0. The third kappa shape index (κ3) is 4.01. The molecule has 1 heterocycles. The summed E-state index contributed by atoms with van der Waals surface area (Å²) in [7, 11) is 0. The Kier molecular flexibility index (Phi) is 4.50. The van der Waals surface area contributed by atoms with Crippen molar-refractivity contribution < 1.29 is 4.74 Å². The van der Waals surface area contributed by atoms with Gasteiger partial charge in [-0.2, -0.15) is 0 Å². The van der Waals surface area contributed by atoms with Crippen LogP contribution in [0.5, 0.6) is 5.75 Å². The van der Waals surface area contributed by atoms with Crippen molar-refractivity contribution in [2.24, 2.45) is 5.73 Å². The number of thiocarbonyl (C=S) groups is 1. The second-order valence-corrected chi connectivity index (χ2v) is 5.96. The largest absolute Gasteiger partial charge is 0.493 e. The van der Waals surface area contributed by atoms with Crippen LogP contribution in [0, 0.1) is 13.8 Å². The summed E-state index contributed by atoms with van der Waals surface area (Å²) in [6.45, 7) is 4.73. The van der Waals surface area contributed by atoms with E-state index < -0.39 is 0 Å². The minimum Gasteiger partial charge on any atom is -0.493 e. The van der Waals surface area contributed by atoms with Gasteiger partial charge in [0.15, 0.2) is 0 Å². The van der Waals surface area contributed by atoms with Gasteiger partial charge in [-0.1, -0.05) is 18.3 Å². The average molecular weight is 292 g/mol. The van der Waals surface area contributed by atoms with E-state index in [-0.39, 0.29) is 0 Å². The average Bonchev–Trinajstić information content (AvgIpc) is 2.76. The molecule has 100 valence electrons. The van der Waals surface area contributed by atoms with E-state index in [0.29, 0.717) is 11.6 Å². The quantitative estimate of drug-likeness (QED) is 0.861. The van der Waals surface area contributed by atoms with Crippen molar-refractivity contribution in [1.82, 2.24) is 4.98 Å². The van der Waals surface area contributed by atoms with Crippen molar-refractivity contribution in [2.45, 2.75) is 20.3 Å². The minimum atomic E-state index is 0.402. The molecule has 2 rings (SSSR count). The zero-order valence-corrected chi connectivity index (χ0v) is 12.6. The molecule has 0 aliphatic heterocycles. The second kappa shape index (κ2) is 6.12. The Hall–Kier alpha value is -1.46. The first kappa shape index (κ1) is 14.0. The predicted molar refractivity (Wildman–Crippen MR) is 83.1 cm³/mol. The molecule has 0 aliphatic carbocycles. The maximum absolute atomic E-state index is 5.74. The number of ether oxygens (including phenoxy) is 1. The van der Waals surface area contributed by atoms with E-state index in [1.165, 1.54) is 22.5 Å². The van der Waals surface area contributed by atoms with Gasteiger partial charge in [0.2, 0.25) is 0 Å². The Morgan fingerprint density at radius 3 is 2.58 bits per heavy atom. The molecule has 0 saturated heterocycles. The summed E-state index contributed by atoms with van der Waals surface area (Å²) in [5.41, 5.74) is 7.97. The van der Waals surface area contributed by atoms with Gasteiger partial charge in [-0.3, -0.25) is 0 Å². The highest BCUT2D eigenvalue weighted by molar-refractivity contribution is 7.81. The molecule has 0 spiro atoms. The molecular formula is C14H16N2OS2. The van der Waals surface area contributed by atoms with E-state index in [2.05, 4.69) is 24.9 Å². The summed E-state index contributed by atoms with van der Waals surface area (Å²) in [4.78, 5) is 5.53. The summed E-state index contributed by atoms with van der Waals surface area (Å²) in [6, 6.07) is 6.20. The van der Waals surface area contributed by atoms with Crippen molar-refractivity contribution in [3.8, 4) is 5.75 Å². The van der Waals surface area contributed by atoms with Crippen molar-refractivity contribution >= 4 is 28.5 Å². The highest BCUT2D eigenvalue weighted by Crippen LogP contribution is 2.17. The van der Waals surface area contributed by atoms with Crippen LogP contribution < -0.4 is 10.5 Å². The lowest BCUT2D eigenvalue weighted by Gasteiger charge is -2.07. The molecule has 0 amide bonds. The van der Waals surface area contributed by atoms with E-state index in [1.54, 1.807) is 6.20 Å². The Morgan fingerprint density at radius 2 is 2.00 bits per heavy atom. The van der Waals surface area contributed by atoms with Crippen LogP contribution in [-0.2, 0) is 6.42 Å². The fraction of sp³-hybridized carbons (Fsp3) is 0.286. The maximum atomic E-state index is 5.74. The summed E-state index contributed by atoms with van der Waals surface area (Å²) in [5.74, 6) is 0.906. The van der Waals surface area contributed by atoms with Crippen LogP contribution in [-0.4, -0.2) is 16.6 Å². The molecule has 19 heavy (non-hydrogen) atoms. The number of aromatic nitrogens is 1. The van der Waals surface area contributed by atoms with Gasteiger partial charge in [-0.25, -0.2) is 4.98 Å². The van der Waals surface area contributed by atoms with E-state index in [1.807, 2.05) is 12.1 Å². The van der Waals surface area contributed by atoms with Gasteiger partial charge in [0.1, 0.15) is 10.7 Å². The van der Waals surface area contributed by atoms with E-state index >= 15 is 0 Å². The first-order chi connectivity index (χ1) is 9.04. The number of thiazole rings is 1. The van der Waals surface area contributed by atoms with Gasteiger partial charge in [-0.05, 0) is 37.1 Å². The first-order valence-corrected chi connectivity index (χ1v) is 7.22. The van der Waals surface area contributed by atoms with Crippen LogP contribution in [0.4, 0.5) is 0 Å². The van der Waals surface area contributed by atoms with Crippen LogP contribution in [0.1, 0.15) is 21.0 Å². The number of benzene rings is 1. The predicted octanol–water partition coefficient (Wildman–Crippen LogP) is 3.02. The fourth-order valence-electron chi connectivity index (χ4n) is 1.81. The molecule has 5 heteroatoms. The monoisotopic (exact) mass is 292 g/mol. The molecule has 0 bridgehead atoms. The van der Waals surface area contributed by atoms with Gasteiger partial charge in [-0.15, -0.1) is 11.3 Å². The Labute approximate surface area is 122 Å². The highest BCUT2D eigenvalue weighted by Gasteiger charge is 2.04. The van der Waals surface area contributed by atoms with Gasteiger partial charge < -0.3 is 10.5 Å². The van der Waals surface area contributed by atoms with Crippen molar-refractivity contribution in [3.63, 3.8) is 0 Å². The Balaban J connectivity index is 1.90. The van der Waals surface area contributed by atoms with Crippen LogP contribution in [0.25, 0.3) is 0 Å². The third-order valence-electron chi connectivity index (χ3n) is 2.58.